The number of ketones is 1. The number of anilines is 1. The molecule has 0 bridgehead atoms. The van der Waals surface area contributed by atoms with Gasteiger partial charge in [-0.3, -0.25) is 14.5 Å². The summed E-state index contributed by atoms with van der Waals surface area (Å²) in [5, 5.41) is 11.8. The molecule has 1 unspecified atom stereocenters. The lowest BCUT2D eigenvalue weighted by molar-refractivity contribution is -0.132. The monoisotopic (exact) mass is 592 g/mol. The number of carbonyl (C=O) groups excluding carboxylic acids is 2. The molecule has 1 aliphatic heterocycles. The zero-order valence-corrected chi connectivity index (χ0v) is 23.2. The highest BCUT2D eigenvalue weighted by Crippen LogP contribution is 2.45. The maximum absolute atomic E-state index is 13.5. The van der Waals surface area contributed by atoms with Gasteiger partial charge in [0.1, 0.15) is 17.3 Å². The number of aromatic nitrogens is 1. The number of halogens is 1. The smallest absolute Gasteiger partial charge is 0.301 e. The third-order valence-corrected chi connectivity index (χ3v) is 7.62. The van der Waals surface area contributed by atoms with E-state index >= 15 is 0 Å². The quantitative estimate of drug-likeness (QED) is 0.136. The number of hydrogen-bond donors (Lipinski definition) is 1. The van der Waals surface area contributed by atoms with Crippen LogP contribution in [-0.2, 0) is 9.59 Å². The van der Waals surface area contributed by atoms with Crippen molar-refractivity contribution in [2.45, 2.75) is 26.3 Å². The molecular weight excluding hydrogens is 568 g/mol. The van der Waals surface area contributed by atoms with Gasteiger partial charge in [-0.1, -0.05) is 58.5 Å². The molecule has 1 aromatic heterocycles. The number of nitrogens with zero attached hydrogens (tertiary/aromatic N) is 2. The van der Waals surface area contributed by atoms with Crippen molar-refractivity contribution >= 4 is 60.1 Å². The van der Waals surface area contributed by atoms with E-state index in [4.69, 9.17) is 9.47 Å². The van der Waals surface area contributed by atoms with E-state index in [1.807, 2.05) is 56.3 Å². The zero-order chi connectivity index (χ0) is 26.8. The van der Waals surface area contributed by atoms with Gasteiger partial charge in [-0.05, 0) is 61.4 Å². The highest BCUT2D eigenvalue weighted by Gasteiger charge is 2.48. The van der Waals surface area contributed by atoms with E-state index in [0.29, 0.717) is 46.5 Å². The molecule has 3 aromatic carbocycles. The second-order valence-corrected chi connectivity index (χ2v) is 10.6. The van der Waals surface area contributed by atoms with E-state index < -0.39 is 17.7 Å². The molecule has 1 saturated heterocycles. The molecule has 0 aliphatic carbocycles. The van der Waals surface area contributed by atoms with Crippen LogP contribution in [0.25, 0.3) is 16.0 Å². The van der Waals surface area contributed by atoms with E-state index in [-0.39, 0.29) is 11.3 Å². The van der Waals surface area contributed by atoms with Crippen LogP contribution in [-0.4, -0.2) is 35.0 Å². The van der Waals surface area contributed by atoms with Crippen molar-refractivity contribution in [1.82, 2.24) is 4.98 Å². The van der Waals surface area contributed by atoms with Gasteiger partial charge >= 0.3 is 5.91 Å². The molecule has 1 aliphatic rings. The SMILES string of the molecule is CCCOc1cccc(C(O)=C2C(=O)C(=O)N(c3nc4ccc(OCC)cc4s3)C2c2ccc(Br)cc2)c1. The summed E-state index contributed by atoms with van der Waals surface area (Å²) >= 11 is 4.74. The molecule has 5 rings (SSSR count). The van der Waals surface area contributed by atoms with Crippen molar-refractivity contribution in [2.24, 2.45) is 0 Å². The van der Waals surface area contributed by atoms with Crippen LogP contribution in [0.1, 0.15) is 37.4 Å². The van der Waals surface area contributed by atoms with E-state index in [2.05, 4.69) is 20.9 Å². The number of thiazole rings is 1. The number of ether oxygens (including phenoxy) is 2. The largest absolute Gasteiger partial charge is 0.507 e. The van der Waals surface area contributed by atoms with E-state index in [9.17, 15) is 14.7 Å². The number of amides is 1. The van der Waals surface area contributed by atoms with Gasteiger partial charge in [0.25, 0.3) is 5.78 Å². The summed E-state index contributed by atoms with van der Waals surface area (Å²) in [6.45, 7) is 4.96. The van der Waals surface area contributed by atoms with Crippen molar-refractivity contribution in [3.05, 3.63) is 87.9 Å². The fraction of sp³-hybridized carbons (Fsp3) is 0.207. The minimum absolute atomic E-state index is 0.000717. The Kier molecular flexibility index (Phi) is 7.49. The van der Waals surface area contributed by atoms with Crippen LogP contribution in [0.2, 0.25) is 0 Å². The standard InChI is InChI=1S/C29H25BrN2O5S/c1-3-14-37-20-7-5-6-18(15-20)26(33)24-25(17-8-10-19(30)11-9-17)32(28(35)27(24)34)29-31-22-13-12-21(36-4-2)16-23(22)38-29/h5-13,15-16,25,33H,3-4,14H2,1-2H3. The summed E-state index contributed by atoms with van der Waals surface area (Å²) in [4.78, 5) is 33.0. The minimum atomic E-state index is -0.866. The number of aliphatic hydroxyl groups excluding tert-OH is 1. The molecular formula is C29H25BrN2O5S. The third kappa shape index (κ3) is 4.91. The maximum Gasteiger partial charge on any atom is 0.301 e. The average molecular weight is 593 g/mol. The van der Waals surface area contributed by atoms with E-state index in [1.54, 1.807) is 24.3 Å². The van der Waals surface area contributed by atoms with Crippen LogP contribution in [0.15, 0.2) is 76.8 Å². The summed E-state index contributed by atoms with van der Waals surface area (Å²) in [6.07, 6.45) is 0.832. The second kappa shape index (κ2) is 11.0. The fourth-order valence-corrected chi connectivity index (χ4v) is 5.64. The summed E-state index contributed by atoms with van der Waals surface area (Å²) in [7, 11) is 0. The lowest BCUT2D eigenvalue weighted by atomic mass is 9.95. The van der Waals surface area contributed by atoms with Crippen LogP contribution < -0.4 is 14.4 Å². The molecule has 0 spiro atoms. The molecule has 1 atom stereocenters. The van der Waals surface area contributed by atoms with Gasteiger partial charge in [0.05, 0.1) is 35.0 Å². The summed E-state index contributed by atoms with van der Waals surface area (Å²) in [5.41, 5.74) is 1.75. The first-order valence-electron chi connectivity index (χ1n) is 12.2. The number of Topliss-reactive ketones (excluding diaryl/α,β-unsaturated/α-hetero) is 1. The predicted octanol–water partition coefficient (Wildman–Crippen LogP) is 6.87. The molecule has 194 valence electrons. The topological polar surface area (TPSA) is 89.0 Å². The van der Waals surface area contributed by atoms with Crippen molar-refractivity contribution in [3.8, 4) is 11.5 Å². The van der Waals surface area contributed by atoms with Crippen LogP contribution in [0, 0.1) is 0 Å². The molecule has 1 fully saturated rings. The molecule has 7 nitrogen and oxygen atoms in total. The van der Waals surface area contributed by atoms with Crippen molar-refractivity contribution in [3.63, 3.8) is 0 Å². The predicted molar refractivity (Wildman–Crippen MR) is 152 cm³/mol. The molecule has 38 heavy (non-hydrogen) atoms. The van der Waals surface area contributed by atoms with Crippen LogP contribution in [0.5, 0.6) is 11.5 Å². The third-order valence-electron chi connectivity index (χ3n) is 6.08. The fourth-order valence-electron chi connectivity index (χ4n) is 4.35. The Morgan fingerprint density at radius 2 is 1.79 bits per heavy atom. The van der Waals surface area contributed by atoms with E-state index in [1.165, 1.54) is 16.2 Å². The van der Waals surface area contributed by atoms with Crippen molar-refractivity contribution in [2.75, 3.05) is 18.1 Å². The van der Waals surface area contributed by atoms with Crippen molar-refractivity contribution in [1.29, 1.82) is 0 Å². The lowest BCUT2D eigenvalue weighted by Gasteiger charge is -2.23. The highest BCUT2D eigenvalue weighted by atomic mass is 79.9. The van der Waals surface area contributed by atoms with Crippen LogP contribution in [0.4, 0.5) is 5.13 Å². The van der Waals surface area contributed by atoms with Gasteiger partial charge < -0.3 is 14.6 Å². The van der Waals surface area contributed by atoms with Gasteiger partial charge in [-0.25, -0.2) is 4.98 Å². The van der Waals surface area contributed by atoms with E-state index in [0.717, 1.165) is 15.6 Å². The number of fused-ring (bicyclic) bond motifs is 1. The first-order chi connectivity index (χ1) is 18.4. The van der Waals surface area contributed by atoms with Gasteiger partial charge in [0.2, 0.25) is 0 Å². The Hall–Kier alpha value is -3.69. The Bertz CT molecular complexity index is 1550. The Balaban J connectivity index is 1.65. The van der Waals surface area contributed by atoms with Gasteiger partial charge in [-0.2, -0.15) is 0 Å². The molecule has 2 heterocycles. The summed E-state index contributed by atoms with van der Waals surface area (Å²) < 4.78 is 13.0. The minimum Gasteiger partial charge on any atom is -0.507 e. The summed E-state index contributed by atoms with van der Waals surface area (Å²) in [6, 6.07) is 18.9. The first kappa shape index (κ1) is 25.9. The van der Waals surface area contributed by atoms with Gasteiger partial charge in [0, 0.05) is 10.0 Å². The number of hydrogen-bond acceptors (Lipinski definition) is 7. The number of aliphatic hydroxyl groups is 1. The Morgan fingerprint density at radius 3 is 2.53 bits per heavy atom. The highest BCUT2D eigenvalue weighted by molar-refractivity contribution is 9.10. The molecule has 1 N–H and O–H groups in total. The Morgan fingerprint density at radius 1 is 1.03 bits per heavy atom. The number of carbonyl (C=O) groups is 2. The molecule has 0 radical (unpaired) electrons. The number of benzene rings is 3. The first-order valence-corrected chi connectivity index (χ1v) is 13.8. The summed E-state index contributed by atoms with van der Waals surface area (Å²) in [5.74, 6) is -0.513. The zero-order valence-electron chi connectivity index (χ0n) is 20.8. The van der Waals surface area contributed by atoms with Gasteiger partial charge in [-0.15, -0.1) is 0 Å². The molecule has 0 saturated carbocycles. The maximum atomic E-state index is 13.5. The number of rotatable bonds is 8. The van der Waals surface area contributed by atoms with Crippen LogP contribution >= 0.6 is 27.3 Å². The molecule has 1 amide bonds. The Labute approximate surface area is 232 Å². The molecule has 9 heteroatoms. The van der Waals surface area contributed by atoms with Crippen molar-refractivity contribution < 1.29 is 24.2 Å². The second-order valence-electron chi connectivity index (χ2n) is 8.66. The lowest BCUT2D eigenvalue weighted by Crippen LogP contribution is -2.29. The normalized spacial score (nSPS) is 16.8. The van der Waals surface area contributed by atoms with Crippen LogP contribution in [0.3, 0.4) is 0 Å². The van der Waals surface area contributed by atoms with Gasteiger partial charge in [0.15, 0.2) is 5.13 Å². The molecule has 4 aromatic rings. The average Bonchev–Trinajstić information content (AvgIpc) is 3.45.